The molecule has 0 saturated carbocycles. The van der Waals surface area contributed by atoms with E-state index in [2.05, 4.69) is 58.6 Å². The molecule has 1 aromatic carbocycles. The number of benzene rings is 1. The summed E-state index contributed by atoms with van der Waals surface area (Å²) in [5.41, 5.74) is 5.60. The van der Waals surface area contributed by atoms with E-state index in [1.807, 2.05) is 0 Å². The van der Waals surface area contributed by atoms with Crippen molar-refractivity contribution in [1.82, 2.24) is 15.1 Å². The van der Waals surface area contributed by atoms with E-state index in [9.17, 15) is 4.79 Å². The lowest BCUT2D eigenvalue weighted by atomic mass is 9.78. The van der Waals surface area contributed by atoms with Crippen molar-refractivity contribution in [2.24, 2.45) is 11.3 Å². The molecular formula is C26H40N4O. The first-order valence-electron chi connectivity index (χ1n) is 11.8. The van der Waals surface area contributed by atoms with Crippen LogP contribution in [0, 0.1) is 18.3 Å². The predicted molar refractivity (Wildman–Crippen MR) is 128 cm³/mol. The van der Waals surface area contributed by atoms with Crippen molar-refractivity contribution in [2.75, 3.05) is 44.2 Å². The molecule has 31 heavy (non-hydrogen) atoms. The highest BCUT2D eigenvalue weighted by Gasteiger charge is 2.49. The highest BCUT2D eigenvalue weighted by Crippen LogP contribution is 2.42. The summed E-state index contributed by atoms with van der Waals surface area (Å²) >= 11 is 0. The van der Waals surface area contributed by atoms with Crippen molar-refractivity contribution in [3.63, 3.8) is 0 Å². The summed E-state index contributed by atoms with van der Waals surface area (Å²) in [6, 6.07) is 7.53. The maximum atomic E-state index is 13.2. The second-order valence-electron chi connectivity index (χ2n) is 10.2. The highest BCUT2D eigenvalue weighted by molar-refractivity contribution is 5.75. The molecule has 4 aliphatic rings. The number of urea groups is 1. The Morgan fingerprint density at radius 2 is 2.00 bits per heavy atom. The summed E-state index contributed by atoms with van der Waals surface area (Å²) in [5, 5.41) is 3.56. The summed E-state index contributed by atoms with van der Waals surface area (Å²) in [6.45, 7) is 14.3. The standard InChI is InChI=1S/C25H36N4O.CH4/c1-4-20-7-8-22(13-18(20)2)29-16-25(17-29)10-12-28(15-25)24(30)27-11-9-21-6-5-19(3)26-23(21)14-27;/h7-8,13,21,23,26H,3-6,9-12,14-17H2,1-2H3;1H4. The molecule has 5 heteroatoms. The van der Waals surface area contributed by atoms with Gasteiger partial charge in [0, 0.05) is 62.1 Å². The molecule has 0 radical (unpaired) electrons. The maximum Gasteiger partial charge on any atom is 0.320 e. The topological polar surface area (TPSA) is 38.8 Å². The van der Waals surface area contributed by atoms with Gasteiger partial charge in [0.05, 0.1) is 0 Å². The normalized spacial score (nSPS) is 26.8. The van der Waals surface area contributed by atoms with E-state index in [4.69, 9.17) is 0 Å². The zero-order valence-electron chi connectivity index (χ0n) is 18.6. The van der Waals surface area contributed by atoms with Crippen LogP contribution in [0.3, 0.4) is 0 Å². The number of anilines is 1. The first-order valence-corrected chi connectivity index (χ1v) is 11.8. The molecule has 4 saturated heterocycles. The fourth-order valence-corrected chi connectivity index (χ4v) is 6.15. The third-order valence-corrected chi connectivity index (χ3v) is 8.07. The number of nitrogens with one attached hydrogen (secondary N) is 1. The van der Waals surface area contributed by atoms with Gasteiger partial charge in [0.2, 0.25) is 0 Å². The van der Waals surface area contributed by atoms with Crippen molar-refractivity contribution in [3.05, 3.63) is 41.6 Å². The molecule has 0 bridgehead atoms. The minimum atomic E-state index is 0. The lowest BCUT2D eigenvalue weighted by Gasteiger charge is -2.49. The number of aryl methyl sites for hydroxylation is 2. The van der Waals surface area contributed by atoms with Crippen LogP contribution in [0.25, 0.3) is 0 Å². The summed E-state index contributed by atoms with van der Waals surface area (Å²) < 4.78 is 0. The van der Waals surface area contributed by atoms with Crippen LogP contribution in [0.4, 0.5) is 10.5 Å². The average Bonchev–Trinajstić information content (AvgIpc) is 3.17. The first kappa shape index (κ1) is 22.0. The minimum Gasteiger partial charge on any atom is -0.384 e. The Hall–Kier alpha value is -2.17. The monoisotopic (exact) mass is 424 g/mol. The largest absolute Gasteiger partial charge is 0.384 e. The summed E-state index contributed by atoms with van der Waals surface area (Å²) in [4.78, 5) is 19.9. The zero-order valence-corrected chi connectivity index (χ0v) is 18.6. The van der Waals surface area contributed by atoms with Gasteiger partial charge in [-0.3, -0.25) is 0 Å². The van der Waals surface area contributed by atoms with Crippen LogP contribution < -0.4 is 10.2 Å². The summed E-state index contributed by atoms with van der Waals surface area (Å²) in [5.74, 6) is 0.701. The number of carbonyl (C=O) groups is 1. The van der Waals surface area contributed by atoms with E-state index in [0.717, 1.165) is 70.6 Å². The van der Waals surface area contributed by atoms with Crippen molar-refractivity contribution < 1.29 is 4.79 Å². The number of rotatable bonds is 2. The third-order valence-electron chi connectivity index (χ3n) is 8.07. The molecule has 2 atom stereocenters. The van der Waals surface area contributed by atoms with Gasteiger partial charge in [-0.2, -0.15) is 0 Å². The number of hydrogen-bond acceptors (Lipinski definition) is 3. The molecule has 2 amide bonds. The molecule has 5 rings (SSSR count). The predicted octanol–water partition coefficient (Wildman–Crippen LogP) is 4.41. The van der Waals surface area contributed by atoms with Gasteiger partial charge in [0.15, 0.2) is 0 Å². The molecule has 4 heterocycles. The Morgan fingerprint density at radius 1 is 1.19 bits per heavy atom. The van der Waals surface area contributed by atoms with E-state index in [1.165, 1.54) is 23.2 Å². The van der Waals surface area contributed by atoms with Gasteiger partial charge in [0.25, 0.3) is 0 Å². The SMILES string of the molecule is C.C=C1CCC2CCN(C(=O)N3CCC4(C3)CN(c3ccc(CC)c(C)c3)C4)CC2N1. The van der Waals surface area contributed by atoms with E-state index in [1.54, 1.807) is 0 Å². The molecule has 1 aromatic rings. The second kappa shape index (κ2) is 8.40. The van der Waals surface area contributed by atoms with Crippen LogP contribution in [0.5, 0.6) is 0 Å². The molecule has 0 aliphatic carbocycles. The smallest absolute Gasteiger partial charge is 0.320 e. The number of likely N-dealkylation sites (tertiary alicyclic amines) is 2. The molecule has 1 spiro atoms. The Bertz CT molecular complexity index is 844. The molecule has 170 valence electrons. The molecular weight excluding hydrogens is 384 g/mol. The van der Waals surface area contributed by atoms with Crippen molar-refractivity contribution in [1.29, 1.82) is 0 Å². The van der Waals surface area contributed by atoms with Gasteiger partial charge < -0.3 is 20.0 Å². The van der Waals surface area contributed by atoms with Crippen molar-refractivity contribution in [3.8, 4) is 0 Å². The van der Waals surface area contributed by atoms with E-state index in [-0.39, 0.29) is 13.5 Å². The fourth-order valence-electron chi connectivity index (χ4n) is 6.15. The molecule has 4 aliphatic heterocycles. The van der Waals surface area contributed by atoms with Crippen LogP contribution in [0.2, 0.25) is 0 Å². The minimum absolute atomic E-state index is 0. The van der Waals surface area contributed by atoms with Crippen LogP contribution >= 0.6 is 0 Å². The molecule has 1 N–H and O–H groups in total. The lowest BCUT2D eigenvalue weighted by Crippen LogP contribution is -2.59. The van der Waals surface area contributed by atoms with Gasteiger partial charge >= 0.3 is 6.03 Å². The lowest BCUT2D eigenvalue weighted by molar-refractivity contribution is 0.109. The average molecular weight is 425 g/mol. The van der Waals surface area contributed by atoms with Gasteiger partial charge in [-0.1, -0.05) is 27.0 Å². The molecule has 4 fully saturated rings. The van der Waals surface area contributed by atoms with Crippen LogP contribution in [-0.2, 0) is 6.42 Å². The van der Waals surface area contributed by atoms with Crippen LogP contribution in [-0.4, -0.2) is 61.1 Å². The fraction of sp³-hybridized carbons (Fsp3) is 0.654. The Balaban J connectivity index is 0.00000231. The summed E-state index contributed by atoms with van der Waals surface area (Å²) in [6.07, 6.45) is 5.66. The highest BCUT2D eigenvalue weighted by atomic mass is 16.2. The molecule has 0 aromatic heterocycles. The van der Waals surface area contributed by atoms with Gasteiger partial charge in [-0.25, -0.2) is 4.79 Å². The van der Waals surface area contributed by atoms with Gasteiger partial charge in [-0.05, 0) is 68.2 Å². The zero-order chi connectivity index (χ0) is 20.9. The molecule has 5 nitrogen and oxygen atoms in total. The van der Waals surface area contributed by atoms with E-state index in [0.29, 0.717) is 17.4 Å². The Labute approximate surface area is 188 Å². The second-order valence-corrected chi connectivity index (χ2v) is 10.2. The number of allylic oxidation sites excluding steroid dienone is 1. The van der Waals surface area contributed by atoms with Gasteiger partial charge in [-0.15, -0.1) is 0 Å². The maximum absolute atomic E-state index is 13.2. The number of hydrogen-bond donors (Lipinski definition) is 1. The van der Waals surface area contributed by atoms with Crippen LogP contribution in [0.1, 0.15) is 51.2 Å². The van der Waals surface area contributed by atoms with Crippen molar-refractivity contribution >= 4 is 11.7 Å². The number of fused-ring (bicyclic) bond motifs is 1. The quantitative estimate of drug-likeness (QED) is 0.764. The number of nitrogens with zero attached hydrogens (tertiary/aromatic N) is 3. The number of amides is 2. The van der Waals surface area contributed by atoms with E-state index < -0.39 is 0 Å². The summed E-state index contributed by atoms with van der Waals surface area (Å²) in [7, 11) is 0. The molecule has 2 unspecified atom stereocenters. The Kier molecular flexibility index (Phi) is 5.97. The number of carbonyl (C=O) groups excluding carboxylic acids is 1. The van der Waals surface area contributed by atoms with E-state index >= 15 is 0 Å². The Morgan fingerprint density at radius 3 is 2.74 bits per heavy atom. The van der Waals surface area contributed by atoms with Gasteiger partial charge in [0.1, 0.15) is 0 Å². The first-order chi connectivity index (χ1) is 14.5. The number of piperidine rings is 2. The van der Waals surface area contributed by atoms with Crippen molar-refractivity contribution in [2.45, 2.75) is 59.4 Å². The van der Waals surface area contributed by atoms with Crippen LogP contribution in [0.15, 0.2) is 30.5 Å². The third kappa shape index (κ3) is 4.04.